The molecule has 12 nitrogen and oxygen atoms in total. The van der Waals surface area contributed by atoms with E-state index in [0.29, 0.717) is 17.8 Å². The van der Waals surface area contributed by atoms with Gasteiger partial charge in [-0.05, 0) is 6.42 Å². The van der Waals surface area contributed by atoms with Gasteiger partial charge in [-0.25, -0.2) is 0 Å². The summed E-state index contributed by atoms with van der Waals surface area (Å²) in [5.41, 5.74) is 5.07. The smallest absolute Gasteiger partial charge is 0.311 e. The van der Waals surface area contributed by atoms with Crippen LogP contribution in [-0.4, -0.2) is 58.0 Å². The molecular formula is C26H40N4O8S. The number of rotatable bonds is 16. The number of nitrogens with two attached hydrogens (primary N) is 1. The molecule has 3 N–H and O–H groups in total. The average Bonchev–Trinajstić information content (AvgIpc) is 3.37. The van der Waals surface area contributed by atoms with Crippen molar-refractivity contribution in [1.82, 2.24) is 14.5 Å². The van der Waals surface area contributed by atoms with Crippen molar-refractivity contribution >= 4 is 39.6 Å². The van der Waals surface area contributed by atoms with Gasteiger partial charge >= 0.3 is 16.8 Å². The maximum Gasteiger partial charge on any atom is 0.311 e. The minimum Gasteiger partial charge on any atom is -0.456 e. The molecular weight excluding hydrogens is 528 g/mol. The SMILES string of the molecule is [2H]C(CCCCCCCCC)CCOC[C@H]1OC(n2c(=O)sc3c(=O)[nH]c(N)nc32)[C@H](OC(C)=O)[C@@H]1OC(C)=O. The van der Waals surface area contributed by atoms with Crippen molar-refractivity contribution < 1.29 is 29.9 Å². The lowest BCUT2D eigenvalue weighted by Gasteiger charge is -2.23. The lowest BCUT2D eigenvalue weighted by molar-refractivity contribution is -0.165. The van der Waals surface area contributed by atoms with Crippen molar-refractivity contribution in [3.63, 3.8) is 0 Å². The number of anilines is 1. The third-order valence-corrected chi connectivity index (χ3v) is 7.34. The second-order valence-electron chi connectivity index (χ2n) is 9.62. The Morgan fingerprint density at radius 1 is 1.05 bits per heavy atom. The monoisotopic (exact) mass is 569 g/mol. The van der Waals surface area contributed by atoms with E-state index in [1.807, 2.05) is 0 Å². The number of ether oxygens (including phenoxy) is 4. The number of hydrogen-bond donors (Lipinski definition) is 2. The van der Waals surface area contributed by atoms with Gasteiger partial charge in [0.2, 0.25) is 5.95 Å². The van der Waals surface area contributed by atoms with Crippen molar-refractivity contribution in [2.24, 2.45) is 0 Å². The summed E-state index contributed by atoms with van der Waals surface area (Å²) in [4.78, 5) is 55.0. The Morgan fingerprint density at radius 3 is 2.36 bits per heavy atom. The Labute approximate surface area is 232 Å². The summed E-state index contributed by atoms with van der Waals surface area (Å²) in [6.45, 7) is 4.83. The Kier molecular flexibility index (Phi) is 11.3. The van der Waals surface area contributed by atoms with Crippen molar-refractivity contribution in [2.75, 3.05) is 18.9 Å². The molecule has 13 heteroatoms. The molecule has 0 bridgehead atoms. The molecule has 1 aliphatic rings. The third kappa shape index (κ3) is 8.61. The number of H-pyrrole nitrogens is 1. The summed E-state index contributed by atoms with van der Waals surface area (Å²) in [5, 5.41) is 0. The summed E-state index contributed by atoms with van der Waals surface area (Å²) in [5.74, 6) is -1.53. The van der Waals surface area contributed by atoms with Crippen LogP contribution in [0.25, 0.3) is 10.3 Å². The van der Waals surface area contributed by atoms with E-state index in [1.54, 1.807) is 0 Å². The van der Waals surface area contributed by atoms with Gasteiger partial charge in [-0.1, -0.05) is 76.0 Å². The predicted octanol–water partition coefficient (Wildman–Crippen LogP) is 3.43. The van der Waals surface area contributed by atoms with Crippen molar-refractivity contribution in [2.45, 2.75) is 109 Å². The largest absolute Gasteiger partial charge is 0.456 e. The standard InChI is InChI=1S/C26H40N4O8S/c1-4-5-6-7-8-9-10-11-12-13-14-35-15-18-19(36-16(2)31)20(37-17(3)32)24(38-18)30-22-21(39-26(30)34)23(33)29-25(27)28-22/h18-20,24H,4-15H2,1-3H3,(H3,27,28,29,33)/t18-,19-,20-,24?/m1/s1/i12D/t12?,18-,19-,20-,24?. The first-order valence-electron chi connectivity index (χ1n) is 14.1. The van der Waals surface area contributed by atoms with Crippen LogP contribution in [-0.2, 0) is 28.5 Å². The molecule has 2 aromatic heterocycles. The lowest BCUT2D eigenvalue weighted by Crippen LogP contribution is -2.41. The Hall–Kier alpha value is -2.77. The zero-order valence-electron chi connectivity index (χ0n) is 23.8. The van der Waals surface area contributed by atoms with E-state index in [0.717, 1.165) is 23.8 Å². The molecule has 3 heterocycles. The molecule has 2 aromatic rings. The minimum atomic E-state index is -1.25. The predicted molar refractivity (Wildman–Crippen MR) is 147 cm³/mol. The molecule has 39 heavy (non-hydrogen) atoms. The minimum absolute atomic E-state index is 0.0237. The van der Waals surface area contributed by atoms with Crippen LogP contribution in [0.2, 0.25) is 0 Å². The van der Waals surface area contributed by atoms with Crippen molar-refractivity contribution in [1.29, 1.82) is 0 Å². The number of esters is 2. The van der Waals surface area contributed by atoms with Gasteiger partial charge in [0.1, 0.15) is 10.8 Å². The molecule has 2 unspecified atom stereocenters. The average molecular weight is 570 g/mol. The normalized spacial score (nSPS) is 22.1. The molecule has 1 fully saturated rings. The van der Waals surface area contributed by atoms with E-state index in [9.17, 15) is 19.2 Å². The number of nitrogens with zero attached hydrogens (tertiary/aromatic N) is 2. The number of unbranched alkanes of at least 4 members (excludes halogenated alkanes) is 6. The number of nitrogen functional groups attached to an aromatic ring is 1. The molecule has 1 aliphatic heterocycles. The first-order chi connectivity index (χ1) is 19.1. The second-order valence-corrected chi connectivity index (χ2v) is 10.6. The Bertz CT molecular complexity index is 1250. The quantitative estimate of drug-likeness (QED) is 0.226. The highest BCUT2D eigenvalue weighted by Gasteiger charge is 2.51. The first-order valence-corrected chi connectivity index (χ1v) is 14.3. The molecule has 0 spiro atoms. The van der Waals surface area contributed by atoms with E-state index in [1.165, 1.54) is 46.0 Å². The molecule has 1 saturated heterocycles. The third-order valence-electron chi connectivity index (χ3n) is 6.40. The van der Waals surface area contributed by atoms with Gasteiger partial charge in [0.15, 0.2) is 24.1 Å². The highest BCUT2D eigenvalue weighted by atomic mass is 32.1. The number of aromatic nitrogens is 3. The first kappa shape index (κ1) is 29.2. The van der Waals surface area contributed by atoms with Gasteiger partial charge < -0.3 is 24.7 Å². The van der Waals surface area contributed by atoms with Crippen LogP contribution in [0.4, 0.5) is 5.95 Å². The molecule has 5 atom stereocenters. The van der Waals surface area contributed by atoms with Crippen LogP contribution >= 0.6 is 11.3 Å². The number of aromatic amines is 1. The summed E-state index contributed by atoms with van der Waals surface area (Å²) in [6.07, 6.45) is 4.97. The maximum atomic E-state index is 12.9. The lowest BCUT2D eigenvalue weighted by atomic mass is 10.1. The van der Waals surface area contributed by atoms with Gasteiger partial charge in [-0.15, -0.1) is 0 Å². The van der Waals surface area contributed by atoms with Crippen LogP contribution < -0.4 is 16.2 Å². The van der Waals surface area contributed by atoms with Crippen LogP contribution in [0.3, 0.4) is 0 Å². The van der Waals surface area contributed by atoms with E-state index in [4.69, 9.17) is 26.1 Å². The molecule has 0 saturated carbocycles. The number of carbonyl (C=O) groups excluding carboxylic acids is 2. The molecule has 3 rings (SSSR count). The number of nitrogens with one attached hydrogen (secondary N) is 1. The fourth-order valence-electron chi connectivity index (χ4n) is 4.63. The zero-order chi connectivity index (χ0) is 29.2. The fourth-order valence-corrected chi connectivity index (χ4v) is 5.47. The van der Waals surface area contributed by atoms with Gasteiger partial charge in [0, 0.05) is 21.8 Å². The van der Waals surface area contributed by atoms with E-state index >= 15 is 0 Å². The number of thiazole rings is 1. The fraction of sp³-hybridized carbons (Fsp3) is 0.731. The van der Waals surface area contributed by atoms with Crippen LogP contribution in [0, 0.1) is 0 Å². The topological polar surface area (TPSA) is 165 Å². The van der Waals surface area contributed by atoms with Crippen LogP contribution in [0.5, 0.6) is 0 Å². The van der Waals surface area contributed by atoms with E-state index in [2.05, 4.69) is 16.9 Å². The van der Waals surface area contributed by atoms with Gasteiger partial charge in [-0.2, -0.15) is 4.98 Å². The summed E-state index contributed by atoms with van der Waals surface area (Å²) >= 11 is 0.641. The summed E-state index contributed by atoms with van der Waals surface area (Å²) < 4.78 is 32.2. The van der Waals surface area contributed by atoms with Crippen LogP contribution in [0.1, 0.15) is 92.6 Å². The van der Waals surface area contributed by atoms with Gasteiger partial charge in [-0.3, -0.25) is 28.7 Å². The molecule has 0 aliphatic carbocycles. The number of hydrogen-bond acceptors (Lipinski definition) is 11. The van der Waals surface area contributed by atoms with E-state index < -0.39 is 46.9 Å². The Balaban J connectivity index is 1.66. The molecule has 0 radical (unpaired) electrons. The molecule has 218 valence electrons. The van der Waals surface area contributed by atoms with Crippen molar-refractivity contribution in [3.05, 3.63) is 20.0 Å². The maximum absolute atomic E-state index is 12.9. The summed E-state index contributed by atoms with van der Waals surface area (Å²) in [7, 11) is 0. The van der Waals surface area contributed by atoms with Crippen molar-refractivity contribution in [3.8, 4) is 0 Å². The number of fused-ring (bicyclic) bond motifs is 1. The highest BCUT2D eigenvalue weighted by Crippen LogP contribution is 2.35. The van der Waals surface area contributed by atoms with E-state index in [-0.39, 0.29) is 35.9 Å². The molecule has 0 amide bonds. The second kappa shape index (κ2) is 15.1. The summed E-state index contributed by atoms with van der Waals surface area (Å²) in [6, 6.07) is 0. The Morgan fingerprint density at radius 2 is 1.69 bits per heavy atom. The van der Waals surface area contributed by atoms with Crippen LogP contribution in [0.15, 0.2) is 9.59 Å². The zero-order valence-corrected chi connectivity index (χ0v) is 23.6. The highest BCUT2D eigenvalue weighted by molar-refractivity contribution is 7.16. The molecule has 0 aromatic carbocycles. The van der Waals surface area contributed by atoms with Gasteiger partial charge in [0.25, 0.3) is 5.56 Å². The van der Waals surface area contributed by atoms with Gasteiger partial charge in [0.05, 0.1) is 6.61 Å². The number of carbonyl (C=O) groups is 2.